The van der Waals surface area contributed by atoms with Crippen molar-refractivity contribution in [2.45, 2.75) is 51.4 Å². The molecule has 2 aliphatic rings. The molecular formula is C18H26ClN. The molecule has 2 heteroatoms. The number of nitrogens with one attached hydrogen (secondary N) is 1. The van der Waals surface area contributed by atoms with Crippen molar-refractivity contribution in [3.63, 3.8) is 0 Å². The molecule has 2 saturated carbocycles. The average molecular weight is 292 g/mol. The van der Waals surface area contributed by atoms with Crippen molar-refractivity contribution in [2.75, 3.05) is 13.1 Å². The van der Waals surface area contributed by atoms with Gasteiger partial charge in [-0.1, -0.05) is 44.0 Å². The van der Waals surface area contributed by atoms with Gasteiger partial charge in [-0.25, -0.2) is 0 Å². The third-order valence-corrected chi connectivity index (χ3v) is 5.53. The Balaban J connectivity index is 1.74. The second kappa shape index (κ2) is 5.35. The van der Waals surface area contributed by atoms with Gasteiger partial charge in [0.1, 0.15) is 0 Å². The summed E-state index contributed by atoms with van der Waals surface area (Å²) < 4.78 is 0. The topological polar surface area (TPSA) is 12.0 Å². The summed E-state index contributed by atoms with van der Waals surface area (Å²) in [5, 5.41) is 4.56. The summed E-state index contributed by atoms with van der Waals surface area (Å²) in [6, 6.07) is 8.55. The van der Waals surface area contributed by atoms with Crippen LogP contribution in [0.25, 0.3) is 0 Å². The smallest absolute Gasteiger partial charge is 0.0408 e. The molecule has 1 aromatic rings. The highest BCUT2D eigenvalue weighted by Crippen LogP contribution is 2.64. The van der Waals surface area contributed by atoms with Gasteiger partial charge in [-0.2, -0.15) is 0 Å². The Bertz CT molecular complexity index is 468. The quantitative estimate of drug-likeness (QED) is 0.822. The lowest BCUT2D eigenvalue weighted by Crippen LogP contribution is -2.57. The predicted octanol–water partition coefficient (Wildman–Crippen LogP) is 4.79. The summed E-state index contributed by atoms with van der Waals surface area (Å²) in [7, 11) is 0. The number of rotatable bonds is 5. The maximum Gasteiger partial charge on any atom is 0.0408 e. The van der Waals surface area contributed by atoms with Crippen molar-refractivity contribution >= 4 is 11.6 Å². The third kappa shape index (κ3) is 2.63. The van der Waals surface area contributed by atoms with Gasteiger partial charge in [0, 0.05) is 17.0 Å². The van der Waals surface area contributed by atoms with E-state index in [-0.39, 0.29) is 0 Å². The highest BCUT2D eigenvalue weighted by molar-refractivity contribution is 6.30. The van der Waals surface area contributed by atoms with Crippen LogP contribution in [0.1, 0.15) is 51.5 Å². The molecular weight excluding hydrogens is 266 g/mol. The SMILES string of the molecule is CC(C)CNCC1(c2cccc(Cl)c2)CC2(CCC2)C1. The van der Waals surface area contributed by atoms with Crippen LogP contribution in [0, 0.1) is 11.3 Å². The Labute approximate surface area is 128 Å². The molecule has 0 bridgehead atoms. The van der Waals surface area contributed by atoms with Gasteiger partial charge < -0.3 is 5.32 Å². The van der Waals surface area contributed by atoms with Crippen molar-refractivity contribution in [1.29, 1.82) is 0 Å². The predicted molar refractivity (Wildman–Crippen MR) is 86.4 cm³/mol. The van der Waals surface area contributed by atoms with E-state index in [1.54, 1.807) is 0 Å². The average Bonchev–Trinajstić information content (AvgIpc) is 2.29. The van der Waals surface area contributed by atoms with E-state index in [1.807, 2.05) is 6.07 Å². The van der Waals surface area contributed by atoms with Crippen molar-refractivity contribution in [2.24, 2.45) is 11.3 Å². The van der Waals surface area contributed by atoms with Crippen LogP contribution in [-0.2, 0) is 5.41 Å². The second-order valence-electron chi connectivity index (χ2n) is 7.52. The molecule has 0 unspecified atom stereocenters. The molecule has 0 radical (unpaired) electrons. The first-order valence-corrected chi connectivity index (χ1v) is 8.38. The van der Waals surface area contributed by atoms with E-state index < -0.39 is 0 Å². The molecule has 1 nitrogen and oxygen atoms in total. The zero-order chi connectivity index (χ0) is 14.2. The molecule has 0 aliphatic heterocycles. The van der Waals surface area contributed by atoms with Crippen LogP contribution < -0.4 is 5.32 Å². The van der Waals surface area contributed by atoms with Gasteiger partial charge >= 0.3 is 0 Å². The van der Waals surface area contributed by atoms with Gasteiger partial charge in [-0.15, -0.1) is 0 Å². The lowest BCUT2D eigenvalue weighted by atomic mass is 9.43. The fourth-order valence-electron chi connectivity index (χ4n) is 4.26. The Kier molecular flexibility index (Phi) is 3.85. The summed E-state index contributed by atoms with van der Waals surface area (Å²) in [6.07, 6.45) is 7.03. The fraction of sp³-hybridized carbons (Fsp3) is 0.667. The standard InChI is InChI=1S/C18H26ClN/c1-14(2)10-20-13-18(11-17(12-18)7-4-8-17)15-5-3-6-16(19)9-15/h3,5-6,9,14,20H,4,7-8,10-13H2,1-2H3. The van der Waals surface area contributed by atoms with Crippen molar-refractivity contribution in [3.8, 4) is 0 Å². The van der Waals surface area contributed by atoms with Crippen LogP contribution in [0.15, 0.2) is 24.3 Å². The highest BCUT2D eigenvalue weighted by Gasteiger charge is 2.57. The molecule has 20 heavy (non-hydrogen) atoms. The Morgan fingerprint density at radius 2 is 2.00 bits per heavy atom. The minimum Gasteiger partial charge on any atom is -0.316 e. The van der Waals surface area contributed by atoms with Gasteiger partial charge in [-0.05, 0) is 61.3 Å². The molecule has 0 heterocycles. The number of benzene rings is 1. The molecule has 0 atom stereocenters. The van der Waals surface area contributed by atoms with E-state index in [9.17, 15) is 0 Å². The highest BCUT2D eigenvalue weighted by atomic mass is 35.5. The van der Waals surface area contributed by atoms with Gasteiger partial charge in [0.05, 0.1) is 0 Å². The summed E-state index contributed by atoms with van der Waals surface area (Å²) in [4.78, 5) is 0. The zero-order valence-corrected chi connectivity index (χ0v) is 13.5. The van der Waals surface area contributed by atoms with Crippen molar-refractivity contribution < 1.29 is 0 Å². The van der Waals surface area contributed by atoms with Crippen LogP contribution in [0.4, 0.5) is 0 Å². The van der Waals surface area contributed by atoms with Gasteiger partial charge in [0.2, 0.25) is 0 Å². The Hall–Kier alpha value is -0.530. The first kappa shape index (κ1) is 14.4. The van der Waals surface area contributed by atoms with Crippen LogP contribution in [0.3, 0.4) is 0 Å². The number of halogens is 1. The molecule has 1 N–H and O–H groups in total. The monoisotopic (exact) mass is 291 g/mol. The third-order valence-electron chi connectivity index (χ3n) is 5.29. The zero-order valence-electron chi connectivity index (χ0n) is 12.7. The molecule has 0 amide bonds. The fourth-order valence-corrected chi connectivity index (χ4v) is 4.45. The number of hydrogen-bond donors (Lipinski definition) is 1. The molecule has 110 valence electrons. The number of hydrogen-bond acceptors (Lipinski definition) is 1. The van der Waals surface area contributed by atoms with Crippen LogP contribution in [-0.4, -0.2) is 13.1 Å². The second-order valence-corrected chi connectivity index (χ2v) is 7.96. The lowest BCUT2D eigenvalue weighted by Gasteiger charge is -2.62. The summed E-state index contributed by atoms with van der Waals surface area (Å²) in [6.45, 7) is 6.75. The van der Waals surface area contributed by atoms with E-state index in [4.69, 9.17) is 11.6 Å². The maximum absolute atomic E-state index is 6.21. The van der Waals surface area contributed by atoms with Crippen molar-refractivity contribution in [1.82, 2.24) is 5.32 Å². The molecule has 3 rings (SSSR count). The summed E-state index contributed by atoms with van der Waals surface area (Å²) in [5.41, 5.74) is 2.46. The molecule has 1 aromatic carbocycles. The van der Waals surface area contributed by atoms with E-state index in [2.05, 4.69) is 37.4 Å². The van der Waals surface area contributed by atoms with Gasteiger partial charge in [-0.3, -0.25) is 0 Å². The minimum atomic E-state index is 0.334. The summed E-state index contributed by atoms with van der Waals surface area (Å²) >= 11 is 6.21. The Morgan fingerprint density at radius 3 is 2.55 bits per heavy atom. The van der Waals surface area contributed by atoms with E-state index in [1.165, 1.54) is 37.7 Å². The summed E-state index contributed by atoms with van der Waals surface area (Å²) in [5.74, 6) is 0.712. The largest absolute Gasteiger partial charge is 0.316 e. The van der Waals surface area contributed by atoms with Crippen LogP contribution in [0.2, 0.25) is 5.02 Å². The normalized spacial score (nSPS) is 22.6. The van der Waals surface area contributed by atoms with Gasteiger partial charge in [0.25, 0.3) is 0 Å². The first-order valence-electron chi connectivity index (χ1n) is 8.01. The molecule has 0 aromatic heterocycles. The molecule has 1 spiro atoms. The van der Waals surface area contributed by atoms with Crippen LogP contribution in [0.5, 0.6) is 0 Å². The van der Waals surface area contributed by atoms with E-state index in [0.717, 1.165) is 18.1 Å². The van der Waals surface area contributed by atoms with E-state index in [0.29, 0.717) is 16.7 Å². The Morgan fingerprint density at radius 1 is 1.25 bits per heavy atom. The maximum atomic E-state index is 6.21. The molecule has 2 fully saturated rings. The molecule has 0 saturated heterocycles. The van der Waals surface area contributed by atoms with E-state index >= 15 is 0 Å². The lowest BCUT2D eigenvalue weighted by molar-refractivity contribution is -0.0484. The van der Waals surface area contributed by atoms with Gasteiger partial charge in [0.15, 0.2) is 0 Å². The molecule has 2 aliphatic carbocycles. The first-order chi connectivity index (χ1) is 9.54. The minimum absolute atomic E-state index is 0.334. The van der Waals surface area contributed by atoms with Crippen LogP contribution >= 0.6 is 11.6 Å². The van der Waals surface area contributed by atoms with Crippen molar-refractivity contribution in [3.05, 3.63) is 34.9 Å².